The van der Waals surface area contributed by atoms with Gasteiger partial charge in [0, 0.05) is 15.4 Å². The van der Waals surface area contributed by atoms with Crippen molar-refractivity contribution in [1.29, 1.82) is 0 Å². The molecule has 150 valence electrons. The van der Waals surface area contributed by atoms with Gasteiger partial charge in [-0.05, 0) is 54.4 Å². The van der Waals surface area contributed by atoms with E-state index in [0.29, 0.717) is 6.61 Å². The molecular weight excluding hydrogens is 458 g/mol. The van der Waals surface area contributed by atoms with E-state index in [1.54, 1.807) is 6.21 Å². The van der Waals surface area contributed by atoms with Gasteiger partial charge in [-0.25, -0.2) is 4.98 Å². The summed E-state index contributed by atoms with van der Waals surface area (Å²) in [6, 6.07) is 24.3. The van der Waals surface area contributed by atoms with Gasteiger partial charge in [0.05, 0.1) is 11.9 Å². The first-order valence-corrected chi connectivity index (χ1v) is 11.1. The van der Waals surface area contributed by atoms with E-state index in [1.807, 2.05) is 53.9 Å². The van der Waals surface area contributed by atoms with Crippen molar-refractivity contribution in [2.45, 2.75) is 13.5 Å². The summed E-state index contributed by atoms with van der Waals surface area (Å²) in [6.07, 6.45) is 1.77. The molecule has 30 heavy (non-hydrogen) atoms. The molecule has 4 rings (SSSR count). The molecule has 0 radical (unpaired) electrons. The summed E-state index contributed by atoms with van der Waals surface area (Å²) >= 11 is 4.97. The maximum Gasteiger partial charge on any atom is 0.203 e. The second kappa shape index (κ2) is 9.69. The zero-order valence-electron chi connectivity index (χ0n) is 16.4. The number of aromatic nitrogens is 1. The van der Waals surface area contributed by atoms with Crippen LogP contribution in [-0.4, -0.2) is 11.2 Å². The zero-order chi connectivity index (χ0) is 20.8. The molecule has 4 nitrogen and oxygen atoms in total. The predicted molar refractivity (Wildman–Crippen MR) is 128 cm³/mol. The fraction of sp³-hybridized carbons (Fsp3) is 0.0833. The molecule has 0 atom stereocenters. The SMILES string of the molecule is Cc1ccc(COc2ccc(/C=N\Nc3nc(-c4ccc(Br)cc4)cs3)cc2)cc1. The van der Waals surface area contributed by atoms with Crippen molar-refractivity contribution in [3.05, 3.63) is 99.3 Å². The van der Waals surface area contributed by atoms with Crippen LogP contribution in [0.5, 0.6) is 5.75 Å². The third-order valence-electron chi connectivity index (χ3n) is 4.42. The molecule has 6 heteroatoms. The molecule has 4 aromatic rings. The summed E-state index contributed by atoms with van der Waals surface area (Å²) in [5, 5.41) is 7.06. The highest BCUT2D eigenvalue weighted by atomic mass is 79.9. The predicted octanol–water partition coefficient (Wildman–Crippen LogP) is 6.91. The second-order valence-corrected chi connectivity index (χ2v) is 8.53. The Hall–Kier alpha value is -2.96. The van der Waals surface area contributed by atoms with Gasteiger partial charge in [-0.3, -0.25) is 5.43 Å². The van der Waals surface area contributed by atoms with E-state index >= 15 is 0 Å². The van der Waals surface area contributed by atoms with Gasteiger partial charge in [0.15, 0.2) is 0 Å². The number of nitrogens with zero attached hydrogens (tertiary/aromatic N) is 2. The van der Waals surface area contributed by atoms with Gasteiger partial charge in [0.25, 0.3) is 0 Å². The molecule has 0 fully saturated rings. The van der Waals surface area contributed by atoms with Gasteiger partial charge < -0.3 is 4.74 Å². The summed E-state index contributed by atoms with van der Waals surface area (Å²) in [7, 11) is 0. The number of hydrazone groups is 1. The molecule has 1 N–H and O–H groups in total. The normalized spacial score (nSPS) is 11.0. The fourth-order valence-electron chi connectivity index (χ4n) is 2.74. The van der Waals surface area contributed by atoms with Gasteiger partial charge >= 0.3 is 0 Å². The Bertz CT molecular complexity index is 1120. The molecule has 0 bridgehead atoms. The lowest BCUT2D eigenvalue weighted by Crippen LogP contribution is -1.95. The maximum atomic E-state index is 5.84. The van der Waals surface area contributed by atoms with Crippen LogP contribution >= 0.6 is 27.3 Å². The average Bonchev–Trinajstić information content (AvgIpc) is 3.24. The molecule has 0 aliphatic rings. The minimum Gasteiger partial charge on any atom is -0.489 e. The van der Waals surface area contributed by atoms with Crippen molar-refractivity contribution < 1.29 is 4.74 Å². The quantitative estimate of drug-likeness (QED) is 0.232. The average molecular weight is 478 g/mol. The number of benzene rings is 3. The van der Waals surface area contributed by atoms with Gasteiger partial charge in [0.2, 0.25) is 5.13 Å². The number of anilines is 1. The zero-order valence-corrected chi connectivity index (χ0v) is 18.8. The summed E-state index contributed by atoms with van der Waals surface area (Å²) in [4.78, 5) is 4.57. The Morgan fingerprint density at radius 1 is 1.00 bits per heavy atom. The van der Waals surface area contributed by atoms with Crippen LogP contribution in [0.1, 0.15) is 16.7 Å². The number of nitrogens with one attached hydrogen (secondary N) is 1. The topological polar surface area (TPSA) is 46.5 Å². The lowest BCUT2D eigenvalue weighted by molar-refractivity contribution is 0.306. The number of halogens is 1. The number of aryl methyl sites for hydroxylation is 1. The van der Waals surface area contributed by atoms with Crippen molar-refractivity contribution in [1.82, 2.24) is 4.98 Å². The van der Waals surface area contributed by atoms with E-state index in [0.717, 1.165) is 37.7 Å². The maximum absolute atomic E-state index is 5.84. The molecule has 0 aliphatic carbocycles. The number of hydrogen-bond donors (Lipinski definition) is 1. The van der Waals surface area contributed by atoms with Gasteiger partial charge in [-0.15, -0.1) is 11.3 Å². The number of ether oxygens (including phenoxy) is 1. The highest BCUT2D eigenvalue weighted by Gasteiger charge is 2.03. The van der Waals surface area contributed by atoms with Crippen LogP contribution in [0.4, 0.5) is 5.13 Å². The Morgan fingerprint density at radius 2 is 1.73 bits per heavy atom. The molecule has 0 amide bonds. The number of rotatable bonds is 7. The molecular formula is C24H20BrN3OS. The van der Waals surface area contributed by atoms with Crippen LogP contribution in [-0.2, 0) is 6.61 Å². The van der Waals surface area contributed by atoms with E-state index in [4.69, 9.17) is 4.74 Å². The van der Waals surface area contributed by atoms with E-state index < -0.39 is 0 Å². The fourth-order valence-corrected chi connectivity index (χ4v) is 3.67. The van der Waals surface area contributed by atoms with E-state index in [-0.39, 0.29) is 0 Å². The molecule has 0 spiro atoms. The summed E-state index contributed by atoms with van der Waals surface area (Å²) in [6.45, 7) is 2.63. The van der Waals surface area contributed by atoms with Crippen molar-refractivity contribution in [3.8, 4) is 17.0 Å². The molecule has 3 aromatic carbocycles. The molecule has 0 saturated heterocycles. The standard InChI is InChI=1S/C24H20BrN3OS/c1-17-2-4-19(5-3-17)15-29-22-12-6-18(7-13-22)14-26-28-24-27-23(16-30-24)20-8-10-21(25)11-9-20/h2-14,16H,15H2,1H3,(H,27,28)/b26-14-. The van der Waals surface area contributed by atoms with Crippen LogP contribution < -0.4 is 10.2 Å². The third-order valence-corrected chi connectivity index (χ3v) is 5.70. The van der Waals surface area contributed by atoms with Crippen LogP contribution in [0, 0.1) is 6.92 Å². The van der Waals surface area contributed by atoms with Crippen molar-refractivity contribution in [2.24, 2.45) is 5.10 Å². The third kappa shape index (κ3) is 5.55. The summed E-state index contributed by atoms with van der Waals surface area (Å²) in [5.41, 5.74) is 8.39. The Labute approximate surface area is 188 Å². The molecule has 0 unspecified atom stereocenters. The highest BCUT2D eigenvalue weighted by molar-refractivity contribution is 9.10. The van der Waals surface area contributed by atoms with Crippen LogP contribution in [0.15, 0.2) is 87.8 Å². The molecule has 1 heterocycles. The van der Waals surface area contributed by atoms with Crippen LogP contribution in [0.2, 0.25) is 0 Å². The lowest BCUT2D eigenvalue weighted by Gasteiger charge is -2.06. The molecule has 0 saturated carbocycles. The molecule has 0 aliphatic heterocycles. The number of thiazole rings is 1. The Balaban J connectivity index is 1.30. The van der Waals surface area contributed by atoms with Crippen molar-refractivity contribution >= 4 is 38.6 Å². The second-order valence-electron chi connectivity index (χ2n) is 6.76. The number of hydrogen-bond acceptors (Lipinski definition) is 5. The first-order valence-electron chi connectivity index (χ1n) is 9.45. The highest BCUT2D eigenvalue weighted by Crippen LogP contribution is 2.26. The van der Waals surface area contributed by atoms with E-state index in [9.17, 15) is 0 Å². The van der Waals surface area contributed by atoms with Gasteiger partial charge in [-0.1, -0.05) is 57.9 Å². The Kier molecular flexibility index (Phi) is 6.57. The van der Waals surface area contributed by atoms with E-state index in [2.05, 4.69) is 62.6 Å². The Morgan fingerprint density at radius 3 is 2.47 bits per heavy atom. The smallest absolute Gasteiger partial charge is 0.203 e. The van der Waals surface area contributed by atoms with Crippen molar-refractivity contribution in [2.75, 3.05) is 5.43 Å². The largest absolute Gasteiger partial charge is 0.489 e. The summed E-state index contributed by atoms with van der Waals surface area (Å²) in [5.74, 6) is 0.833. The minimum absolute atomic E-state index is 0.556. The van der Waals surface area contributed by atoms with E-state index in [1.165, 1.54) is 16.9 Å². The first-order chi connectivity index (χ1) is 14.7. The van der Waals surface area contributed by atoms with Crippen LogP contribution in [0.25, 0.3) is 11.3 Å². The monoisotopic (exact) mass is 477 g/mol. The summed E-state index contributed by atoms with van der Waals surface area (Å²) < 4.78 is 6.89. The van der Waals surface area contributed by atoms with Gasteiger partial charge in [0.1, 0.15) is 12.4 Å². The molecule has 1 aromatic heterocycles. The lowest BCUT2D eigenvalue weighted by atomic mass is 10.2. The minimum atomic E-state index is 0.556. The van der Waals surface area contributed by atoms with Gasteiger partial charge in [-0.2, -0.15) is 5.10 Å². The first kappa shape index (κ1) is 20.3. The van der Waals surface area contributed by atoms with Crippen molar-refractivity contribution in [3.63, 3.8) is 0 Å². The van der Waals surface area contributed by atoms with Crippen LogP contribution in [0.3, 0.4) is 0 Å².